The van der Waals surface area contributed by atoms with E-state index >= 15 is 0 Å². The second kappa shape index (κ2) is 4.77. The van der Waals surface area contributed by atoms with Gasteiger partial charge in [-0.25, -0.2) is 9.48 Å². The molecule has 4 rings (SSSR count). The SMILES string of the molecule is O=c1oc2ccccc2c2nn(-c3ccc([N+](=O)[O-])cc3)cc12. The highest BCUT2D eigenvalue weighted by molar-refractivity contribution is 6.01. The van der Waals surface area contributed by atoms with E-state index in [-0.39, 0.29) is 5.69 Å². The first kappa shape index (κ1) is 13.2. The molecule has 112 valence electrons. The maximum atomic E-state index is 12.1. The van der Waals surface area contributed by atoms with Gasteiger partial charge < -0.3 is 4.42 Å². The highest BCUT2D eigenvalue weighted by Crippen LogP contribution is 2.23. The monoisotopic (exact) mass is 307 g/mol. The van der Waals surface area contributed by atoms with Crippen LogP contribution in [-0.2, 0) is 0 Å². The van der Waals surface area contributed by atoms with E-state index in [0.29, 0.717) is 22.2 Å². The van der Waals surface area contributed by atoms with E-state index in [2.05, 4.69) is 5.10 Å². The lowest BCUT2D eigenvalue weighted by Crippen LogP contribution is -1.97. The minimum absolute atomic E-state index is 0.00424. The molecule has 2 aromatic heterocycles. The predicted octanol–water partition coefficient (Wildman–Crippen LogP) is 3.04. The largest absolute Gasteiger partial charge is 0.422 e. The Hall–Kier alpha value is -3.48. The summed E-state index contributed by atoms with van der Waals surface area (Å²) in [5, 5.41) is 16.2. The van der Waals surface area contributed by atoms with Crippen molar-refractivity contribution in [1.82, 2.24) is 9.78 Å². The lowest BCUT2D eigenvalue weighted by atomic mass is 10.2. The molecule has 0 N–H and O–H groups in total. The van der Waals surface area contributed by atoms with Crippen LogP contribution in [0.3, 0.4) is 0 Å². The summed E-state index contributed by atoms with van der Waals surface area (Å²) >= 11 is 0. The van der Waals surface area contributed by atoms with Gasteiger partial charge in [0.15, 0.2) is 0 Å². The average Bonchev–Trinajstić information content (AvgIpc) is 3.01. The second-order valence-corrected chi connectivity index (χ2v) is 5.00. The number of benzene rings is 2. The van der Waals surface area contributed by atoms with Crippen LogP contribution in [0.2, 0.25) is 0 Å². The quantitative estimate of drug-likeness (QED) is 0.322. The molecule has 0 aliphatic heterocycles. The molecule has 0 amide bonds. The fraction of sp³-hybridized carbons (Fsp3) is 0. The van der Waals surface area contributed by atoms with Crippen molar-refractivity contribution in [1.29, 1.82) is 0 Å². The van der Waals surface area contributed by atoms with Crippen molar-refractivity contribution in [2.24, 2.45) is 0 Å². The van der Waals surface area contributed by atoms with Crippen LogP contribution in [0.1, 0.15) is 0 Å². The highest BCUT2D eigenvalue weighted by Gasteiger charge is 2.13. The Bertz CT molecular complexity index is 1110. The van der Waals surface area contributed by atoms with E-state index in [1.807, 2.05) is 12.1 Å². The summed E-state index contributed by atoms with van der Waals surface area (Å²) in [7, 11) is 0. The van der Waals surface area contributed by atoms with E-state index < -0.39 is 10.5 Å². The van der Waals surface area contributed by atoms with Gasteiger partial charge in [-0.05, 0) is 24.3 Å². The lowest BCUT2D eigenvalue weighted by molar-refractivity contribution is -0.384. The molecule has 0 aliphatic rings. The topological polar surface area (TPSA) is 91.2 Å². The van der Waals surface area contributed by atoms with Crippen molar-refractivity contribution in [2.75, 3.05) is 0 Å². The number of non-ortho nitro benzene ring substituents is 1. The highest BCUT2D eigenvalue weighted by atomic mass is 16.6. The van der Waals surface area contributed by atoms with Crippen molar-refractivity contribution in [2.45, 2.75) is 0 Å². The molecule has 0 saturated heterocycles. The first-order chi connectivity index (χ1) is 11.1. The van der Waals surface area contributed by atoms with Crippen LogP contribution in [0.4, 0.5) is 5.69 Å². The number of nitro benzene ring substituents is 1. The van der Waals surface area contributed by atoms with Gasteiger partial charge >= 0.3 is 5.63 Å². The summed E-state index contributed by atoms with van der Waals surface area (Å²) < 4.78 is 6.79. The first-order valence-electron chi connectivity index (χ1n) is 6.79. The number of nitrogens with zero attached hydrogens (tertiary/aromatic N) is 3. The third-order valence-corrected chi connectivity index (χ3v) is 3.60. The molecule has 7 nitrogen and oxygen atoms in total. The third kappa shape index (κ3) is 2.06. The normalized spacial score (nSPS) is 11.1. The molecular weight excluding hydrogens is 298 g/mol. The van der Waals surface area contributed by atoms with Gasteiger partial charge in [0.2, 0.25) is 0 Å². The van der Waals surface area contributed by atoms with Crippen LogP contribution in [-0.4, -0.2) is 14.7 Å². The van der Waals surface area contributed by atoms with Crippen molar-refractivity contribution in [3.05, 3.63) is 75.3 Å². The molecule has 23 heavy (non-hydrogen) atoms. The molecule has 2 heterocycles. The third-order valence-electron chi connectivity index (χ3n) is 3.60. The molecule has 0 spiro atoms. The number of fused-ring (bicyclic) bond motifs is 3. The van der Waals surface area contributed by atoms with Crippen molar-refractivity contribution >= 4 is 27.6 Å². The lowest BCUT2D eigenvalue weighted by Gasteiger charge is -1.99. The fourth-order valence-corrected chi connectivity index (χ4v) is 2.49. The van der Waals surface area contributed by atoms with E-state index in [0.717, 1.165) is 5.39 Å². The molecular formula is C16H9N3O4. The van der Waals surface area contributed by atoms with E-state index in [4.69, 9.17) is 4.42 Å². The van der Waals surface area contributed by atoms with Crippen LogP contribution < -0.4 is 5.63 Å². The Labute approximate surface area is 128 Å². The number of hydrogen-bond donors (Lipinski definition) is 0. The molecule has 4 aromatic rings. The van der Waals surface area contributed by atoms with Gasteiger partial charge in [0.25, 0.3) is 5.69 Å². The van der Waals surface area contributed by atoms with Crippen LogP contribution in [0, 0.1) is 10.1 Å². The average molecular weight is 307 g/mol. The van der Waals surface area contributed by atoms with Gasteiger partial charge in [0.05, 0.1) is 10.6 Å². The number of aromatic nitrogens is 2. The first-order valence-corrected chi connectivity index (χ1v) is 6.79. The van der Waals surface area contributed by atoms with Gasteiger partial charge in [-0.3, -0.25) is 10.1 Å². The summed E-state index contributed by atoms with van der Waals surface area (Å²) in [6.07, 6.45) is 1.56. The smallest absolute Gasteiger partial charge is 0.347 e. The van der Waals surface area contributed by atoms with Crippen LogP contribution in [0.15, 0.2) is 63.9 Å². The van der Waals surface area contributed by atoms with E-state index in [9.17, 15) is 14.9 Å². The standard InChI is InChI=1S/C16H9N3O4/c20-16-13-9-18(10-5-7-11(8-6-10)19(21)22)17-15(13)12-3-1-2-4-14(12)23-16/h1-9H. The van der Waals surface area contributed by atoms with Gasteiger partial charge in [0, 0.05) is 23.7 Å². The van der Waals surface area contributed by atoms with E-state index in [1.165, 1.54) is 16.8 Å². The van der Waals surface area contributed by atoms with Crippen molar-refractivity contribution in [3.8, 4) is 5.69 Å². The van der Waals surface area contributed by atoms with Crippen LogP contribution in [0.5, 0.6) is 0 Å². The zero-order chi connectivity index (χ0) is 16.0. The van der Waals surface area contributed by atoms with Crippen LogP contribution in [0.25, 0.3) is 27.6 Å². The van der Waals surface area contributed by atoms with Gasteiger partial charge in [-0.15, -0.1) is 0 Å². The zero-order valence-corrected chi connectivity index (χ0v) is 11.7. The van der Waals surface area contributed by atoms with E-state index in [1.54, 1.807) is 30.5 Å². The Balaban J connectivity index is 1.95. The summed E-state index contributed by atoms with van der Waals surface area (Å²) in [5.41, 5.74) is 1.16. The Morgan fingerprint density at radius 2 is 1.78 bits per heavy atom. The van der Waals surface area contributed by atoms with Gasteiger partial charge in [0.1, 0.15) is 16.5 Å². The molecule has 7 heteroatoms. The maximum absolute atomic E-state index is 12.1. The minimum Gasteiger partial charge on any atom is -0.422 e. The van der Waals surface area contributed by atoms with Crippen molar-refractivity contribution in [3.63, 3.8) is 0 Å². The molecule has 0 radical (unpaired) electrons. The number of para-hydroxylation sites is 1. The second-order valence-electron chi connectivity index (χ2n) is 5.00. The van der Waals surface area contributed by atoms with Crippen molar-refractivity contribution < 1.29 is 9.34 Å². The summed E-state index contributed by atoms with van der Waals surface area (Å²) in [5.74, 6) is 0. The maximum Gasteiger partial charge on any atom is 0.347 e. The fourth-order valence-electron chi connectivity index (χ4n) is 2.49. The number of rotatable bonds is 2. The molecule has 0 unspecified atom stereocenters. The number of nitro groups is 1. The Morgan fingerprint density at radius 1 is 1.04 bits per heavy atom. The Kier molecular flexibility index (Phi) is 2.74. The predicted molar refractivity (Wildman–Crippen MR) is 83.8 cm³/mol. The van der Waals surface area contributed by atoms with Crippen LogP contribution >= 0.6 is 0 Å². The molecule has 0 fully saturated rings. The molecule has 0 aliphatic carbocycles. The molecule has 0 bridgehead atoms. The summed E-state index contributed by atoms with van der Waals surface area (Å²) in [6.45, 7) is 0. The van der Waals surface area contributed by atoms with Gasteiger partial charge in [-0.2, -0.15) is 5.10 Å². The molecule has 0 atom stereocenters. The zero-order valence-electron chi connectivity index (χ0n) is 11.7. The number of hydrogen-bond acceptors (Lipinski definition) is 5. The minimum atomic E-state index is -0.467. The molecule has 2 aromatic carbocycles. The molecule has 0 saturated carbocycles. The van der Waals surface area contributed by atoms with Gasteiger partial charge in [-0.1, -0.05) is 12.1 Å². The summed E-state index contributed by atoms with van der Waals surface area (Å²) in [6, 6.07) is 13.1. The summed E-state index contributed by atoms with van der Waals surface area (Å²) in [4.78, 5) is 22.3. The Morgan fingerprint density at radius 3 is 2.52 bits per heavy atom.